The molecule has 128 valence electrons. The SMILES string of the molecule is CCCc1cc(NCCn2c(C(C)C)n[nH]c2=S)n2ncnc2n1. The van der Waals surface area contributed by atoms with Gasteiger partial charge in [-0.1, -0.05) is 27.2 Å². The van der Waals surface area contributed by atoms with E-state index in [9.17, 15) is 0 Å². The summed E-state index contributed by atoms with van der Waals surface area (Å²) in [5, 5.41) is 14.8. The van der Waals surface area contributed by atoms with Crippen molar-refractivity contribution in [3.63, 3.8) is 0 Å². The van der Waals surface area contributed by atoms with Gasteiger partial charge >= 0.3 is 0 Å². The lowest BCUT2D eigenvalue weighted by molar-refractivity contribution is 0.630. The highest BCUT2D eigenvalue weighted by Gasteiger charge is 2.11. The Hall–Kier alpha value is -2.29. The summed E-state index contributed by atoms with van der Waals surface area (Å²) in [5.74, 6) is 2.79. The van der Waals surface area contributed by atoms with Crippen molar-refractivity contribution in [3.05, 3.63) is 28.7 Å². The smallest absolute Gasteiger partial charge is 0.254 e. The third-order valence-corrected chi connectivity index (χ3v) is 4.07. The molecule has 0 bridgehead atoms. The summed E-state index contributed by atoms with van der Waals surface area (Å²) in [5.41, 5.74) is 1.02. The van der Waals surface area contributed by atoms with Crippen LogP contribution in [0.1, 0.15) is 44.6 Å². The summed E-state index contributed by atoms with van der Waals surface area (Å²) < 4.78 is 4.39. The van der Waals surface area contributed by atoms with Crippen molar-refractivity contribution in [2.24, 2.45) is 0 Å². The third-order valence-electron chi connectivity index (χ3n) is 3.76. The van der Waals surface area contributed by atoms with Crippen LogP contribution in [0.3, 0.4) is 0 Å². The van der Waals surface area contributed by atoms with E-state index in [-0.39, 0.29) is 0 Å². The van der Waals surface area contributed by atoms with E-state index in [1.165, 1.54) is 6.33 Å². The Morgan fingerprint density at radius 1 is 1.38 bits per heavy atom. The minimum Gasteiger partial charge on any atom is -0.368 e. The van der Waals surface area contributed by atoms with Gasteiger partial charge in [0.25, 0.3) is 5.78 Å². The van der Waals surface area contributed by atoms with Gasteiger partial charge in [0.2, 0.25) is 0 Å². The first-order chi connectivity index (χ1) is 11.6. The van der Waals surface area contributed by atoms with E-state index >= 15 is 0 Å². The maximum Gasteiger partial charge on any atom is 0.254 e. The molecular formula is C15H22N8S. The molecular weight excluding hydrogens is 324 g/mol. The van der Waals surface area contributed by atoms with Crippen molar-refractivity contribution in [2.75, 3.05) is 11.9 Å². The number of hydrogen-bond acceptors (Lipinski definition) is 6. The van der Waals surface area contributed by atoms with Gasteiger partial charge in [-0.25, -0.2) is 4.98 Å². The number of aryl methyl sites for hydroxylation is 1. The van der Waals surface area contributed by atoms with Crippen molar-refractivity contribution in [2.45, 2.75) is 46.1 Å². The van der Waals surface area contributed by atoms with Gasteiger partial charge in [0, 0.05) is 30.8 Å². The fourth-order valence-corrected chi connectivity index (χ4v) is 2.88. The molecule has 0 unspecified atom stereocenters. The Labute approximate surface area is 145 Å². The number of aromatic amines is 1. The summed E-state index contributed by atoms with van der Waals surface area (Å²) in [6.07, 6.45) is 3.48. The van der Waals surface area contributed by atoms with Gasteiger partial charge in [0.15, 0.2) is 4.77 Å². The third kappa shape index (κ3) is 3.30. The van der Waals surface area contributed by atoms with E-state index in [2.05, 4.69) is 51.4 Å². The second-order valence-corrected chi connectivity index (χ2v) is 6.36. The molecule has 9 heteroatoms. The molecule has 0 saturated carbocycles. The van der Waals surface area contributed by atoms with Gasteiger partial charge in [0.1, 0.15) is 18.0 Å². The van der Waals surface area contributed by atoms with Crippen LogP contribution in [-0.2, 0) is 13.0 Å². The van der Waals surface area contributed by atoms with Crippen molar-refractivity contribution in [3.8, 4) is 0 Å². The van der Waals surface area contributed by atoms with Crippen LogP contribution in [0, 0.1) is 4.77 Å². The number of hydrogen-bond donors (Lipinski definition) is 2. The second kappa shape index (κ2) is 7.08. The number of H-pyrrole nitrogens is 1. The van der Waals surface area contributed by atoms with E-state index in [0.29, 0.717) is 23.0 Å². The maximum absolute atomic E-state index is 5.32. The summed E-state index contributed by atoms with van der Waals surface area (Å²) in [7, 11) is 0. The van der Waals surface area contributed by atoms with Gasteiger partial charge in [-0.2, -0.15) is 19.7 Å². The molecule has 3 aromatic heterocycles. The highest BCUT2D eigenvalue weighted by molar-refractivity contribution is 7.71. The average Bonchev–Trinajstić information content (AvgIpc) is 3.15. The molecule has 0 aliphatic rings. The number of anilines is 1. The molecule has 3 heterocycles. The second-order valence-electron chi connectivity index (χ2n) is 5.97. The summed E-state index contributed by atoms with van der Waals surface area (Å²) >= 11 is 5.32. The highest BCUT2D eigenvalue weighted by atomic mass is 32.1. The van der Waals surface area contributed by atoms with E-state index in [1.54, 1.807) is 4.52 Å². The number of nitrogens with one attached hydrogen (secondary N) is 2. The van der Waals surface area contributed by atoms with Gasteiger partial charge in [0.05, 0.1) is 0 Å². The normalized spacial score (nSPS) is 11.5. The lowest BCUT2D eigenvalue weighted by Crippen LogP contribution is -2.16. The molecule has 0 atom stereocenters. The summed E-state index contributed by atoms with van der Waals surface area (Å²) in [6.45, 7) is 7.78. The molecule has 3 aromatic rings. The standard InChI is InChI=1S/C15H22N8S/c1-4-5-11-8-12(23-14(19-11)17-9-18-23)16-6-7-22-13(10(2)3)20-21-15(22)24/h8-10,16H,4-7H2,1-3H3,(H,21,24). The van der Waals surface area contributed by atoms with Crippen LogP contribution < -0.4 is 5.32 Å². The topological polar surface area (TPSA) is 88.7 Å². The molecule has 0 spiro atoms. The molecule has 0 aromatic carbocycles. The van der Waals surface area contributed by atoms with E-state index < -0.39 is 0 Å². The van der Waals surface area contributed by atoms with E-state index in [1.807, 2.05) is 10.6 Å². The quantitative estimate of drug-likeness (QED) is 0.639. The molecule has 0 amide bonds. The van der Waals surface area contributed by atoms with Crippen molar-refractivity contribution in [1.29, 1.82) is 0 Å². The van der Waals surface area contributed by atoms with Crippen LogP contribution in [0.25, 0.3) is 5.78 Å². The van der Waals surface area contributed by atoms with E-state index in [4.69, 9.17) is 12.2 Å². The number of nitrogens with zero attached hydrogens (tertiary/aromatic N) is 6. The molecule has 0 aliphatic heterocycles. The average molecular weight is 346 g/mol. The summed E-state index contributed by atoms with van der Waals surface area (Å²) in [4.78, 5) is 8.70. The van der Waals surface area contributed by atoms with Gasteiger partial charge < -0.3 is 9.88 Å². The molecule has 0 fully saturated rings. The minimum atomic E-state index is 0.317. The highest BCUT2D eigenvalue weighted by Crippen LogP contribution is 2.14. The minimum absolute atomic E-state index is 0.317. The van der Waals surface area contributed by atoms with Crippen LogP contribution in [0.4, 0.5) is 5.82 Å². The Morgan fingerprint density at radius 2 is 2.21 bits per heavy atom. The zero-order valence-electron chi connectivity index (χ0n) is 14.2. The van der Waals surface area contributed by atoms with E-state index in [0.717, 1.165) is 36.7 Å². The molecule has 3 rings (SSSR count). The van der Waals surface area contributed by atoms with Crippen molar-refractivity contribution in [1.82, 2.24) is 34.3 Å². The molecule has 0 aliphatic carbocycles. The van der Waals surface area contributed by atoms with Crippen LogP contribution in [0.2, 0.25) is 0 Å². The maximum atomic E-state index is 5.32. The number of rotatable bonds is 7. The summed E-state index contributed by atoms with van der Waals surface area (Å²) in [6, 6.07) is 2.03. The first-order valence-corrected chi connectivity index (χ1v) is 8.59. The predicted octanol–water partition coefficient (Wildman–Crippen LogP) is 2.57. The van der Waals surface area contributed by atoms with Crippen LogP contribution in [0.5, 0.6) is 0 Å². The first kappa shape index (κ1) is 16.6. The van der Waals surface area contributed by atoms with Crippen LogP contribution in [0.15, 0.2) is 12.4 Å². The molecule has 0 saturated heterocycles. The first-order valence-electron chi connectivity index (χ1n) is 8.18. The Kier molecular flexibility index (Phi) is 4.89. The van der Waals surface area contributed by atoms with Gasteiger partial charge in [-0.15, -0.1) is 0 Å². The number of aromatic nitrogens is 7. The van der Waals surface area contributed by atoms with Gasteiger partial charge in [-0.3, -0.25) is 5.10 Å². The molecule has 2 N–H and O–H groups in total. The Bertz CT molecular complexity index is 875. The lowest BCUT2D eigenvalue weighted by Gasteiger charge is -2.12. The zero-order chi connectivity index (χ0) is 17.1. The van der Waals surface area contributed by atoms with Crippen molar-refractivity contribution < 1.29 is 0 Å². The predicted molar refractivity (Wildman–Crippen MR) is 94.8 cm³/mol. The van der Waals surface area contributed by atoms with Gasteiger partial charge in [-0.05, 0) is 18.6 Å². The van der Waals surface area contributed by atoms with Crippen molar-refractivity contribution >= 4 is 23.8 Å². The Balaban J connectivity index is 1.78. The number of fused-ring (bicyclic) bond motifs is 1. The monoisotopic (exact) mass is 346 g/mol. The van der Waals surface area contributed by atoms with Crippen LogP contribution >= 0.6 is 12.2 Å². The fourth-order valence-electron chi connectivity index (χ4n) is 2.65. The van der Waals surface area contributed by atoms with Crippen LogP contribution in [-0.4, -0.2) is 40.9 Å². The lowest BCUT2D eigenvalue weighted by atomic mass is 10.2. The molecule has 0 radical (unpaired) electrons. The fraction of sp³-hybridized carbons (Fsp3) is 0.533. The molecule has 8 nitrogen and oxygen atoms in total. The zero-order valence-corrected chi connectivity index (χ0v) is 15.0. The largest absolute Gasteiger partial charge is 0.368 e. The molecule has 24 heavy (non-hydrogen) atoms. The Morgan fingerprint density at radius 3 is 2.96 bits per heavy atom.